The number of imidazole rings is 1. The average Bonchev–Trinajstić information content (AvgIpc) is 2.67. The van der Waals surface area contributed by atoms with E-state index in [1.54, 1.807) is 0 Å². The Morgan fingerprint density at radius 2 is 2.19 bits per heavy atom. The van der Waals surface area contributed by atoms with Gasteiger partial charge in [0.05, 0.1) is 10.7 Å². The molecule has 0 spiro atoms. The van der Waals surface area contributed by atoms with Crippen LogP contribution in [-0.2, 0) is 13.5 Å². The topological polar surface area (TPSA) is 29.9 Å². The predicted molar refractivity (Wildman–Crippen MR) is 66.9 cm³/mol. The van der Waals surface area contributed by atoms with Gasteiger partial charge in [0.2, 0.25) is 0 Å². The summed E-state index contributed by atoms with van der Waals surface area (Å²) in [7, 11) is 2.00. The zero-order valence-electron chi connectivity index (χ0n) is 9.15. The maximum Gasteiger partial charge on any atom is 0.110 e. The van der Waals surface area contributed by atoms with Crippen LogP contribution in [0.3, 0.4) is 0 Å². The first-order valence-electron chi connectivity index (χ1n) is 5.22. The van der Waals surface area contributed by atoms with E-state index in [0.717, 1.165) is 29.5 Å². The summed E-state index contributed by atoms with van der Waals surface area (Å²) in [5.74, 6) is 1.07. The summed E-state index contributed by atoms with van der Waals surface area (Å²) in [6.07, 6.45) is 4.64. The van der Waals surface area contributed by atoms with E-state index in [1.807, 2.05) is 48.3 Å². The van der Waals surface area contributed by atoms with Crippen LogP contribution in [0.15, 0.2) is 36.7 Å². The lowest BCUT2D eigenvalue weighted by Crippen LogP contribution is -2.08. The van der Waals surface area contributed by atoms with Gasteiger partial charge in [-0.25, -0.2) is 4.98 Å². The molecular formula is C12H14ClN3. The molecule has 0 aliphatic heterocycles. The van der Waals surface area contributed by atoms with E-state index in [1.165, 1.54) is 0 Å². The van der Waals surface area contributed by atoms with E-state index in [2.05, 4.69) is 10.3 Å². The first-order chi connectivity index (χ1) is 7.77. The van der Waals surface area contributed by atoms with Crippen molar-refractivity contribution < 1.29 is 0 Å². The molecule has 1 aromatic heterocycles. The van der Waals surface area contributed by atoms with Crippen LogP contribution in [0.2, 0.25) is 5.02 Å². The number of hydrogen-bond donors (Lipinski definition) is 1. The maximum atomic E-state index is 6.03. The second-order valence-electron chi connectivity index (χ2n) is 3.61. The van der Waals surface area contributed by atoms with Gasteiger partial charge in [0, 0.05) is 32.4 Å². The number of benzene rings is 1. The quantitative estimate of drug-likeness (QED) is 0.883. The van der Waals surface area contributed by atoms with Crippen molar-refractivity contribution in [2.75, 3.05) is 11.9 Å². The van der Waals surface area contributed by atoms with E-state index >= 15 is 0 Å². The minimum Gasteiger partial charge on any atom is -0.383 e. The van der Waals surface area contributed by atoms with Gasteiger partial charge in [0.1, 0.15) is 5.82 Å². The Hall–Kier alpha value is -1.48. The van der Waals surface area contributed by atoms with Crippen molar-refractivity contribution in [3.63, 3.8) is 0 Å². The molecule has 0 bridgehead atoms. The van der Waals surface area contributed by atoms with Crippen LogP contribution in [-0.4, -0.2) is 16.1 Å². The van der Waals surface area contributed by atoms with Gasteiger partial charge < -0.3 is 9.88 Å². The van der Waals surface area contributed by atoms with Crippen molar-refractivity contribution >= 4 is 17.3 Å². The highest BCUT2D eigenvalue weighted by Gasteiger charge is 2.00. The van der Waals surface area contributed by atoms with Gasteiger partial charge in [0.25, 0.3) is 0 Å². The van der Waals surface area contributed by atoms with Gasteiger partial charge in [-0.1, -0.05) is 23.7 Å². The van der Waals surface area contributed by atoms with E-state index in [0.29, 0.717) is 0 Å². The summed E-state index contributed by atoms with van der Waals surface area (Å²) in [6.45, 7) is 0.828. The summed E-state index contributed by atoms with van der Waals surface area (Å²) in [4.78, 5) is 4.26. The van der Waals surface area contributed by atoms with E-state index in [-0.39, 0.29) is 0 Å². The Kier molecular flexibility index (Phi) is 3.47. The first kappa shape index (κ1) is 11.0. The van der Waals surface area contributed by atoms with Crippen LogP contribution < -0.4 is 5.32 Å². The van der Waals surface area contributed by atoms with Crippen LogP contribution in [0.5, 0.6) is 0 Å². The minimum atomic E-state index is 0.752. The third kappa shape index (κ3) is 2.55. The molecule has 0 saturated carbocycles. The van der Waals surface area contributed by atoms with Crippen molar-refractivity contribution in [1.29, 1.82) is 0 Å². The second kappa shape index (κ2) is 5.03. The number of nitrogens with zero attached hydrogens (tertiary/aromatic N) is 2. The molecule has 16 heavy (non-hydrogen) atoms. The Bertz CT molecular complexity index is 465. The molecule has 1 N–H and O–H groups in total. The summed E-state index contributed by atoms with van der Waals surface area (Å²) in [5, 5.41) is 4.05. The summed E-state index contributed by atoms with van der Waals surface area (Å²) in [6, 6.07) is 7.74. The van der Waals surface area contributed by atoms with Gasteiger partial charge in [-0.05, 0) is 12.1 Å². The Balaban J connectivity index is 1.89. The molecule has 0 amide bonds. The molecule has 3 nitrogen and oxygen atoms in total. The van der Waals surface area contributed by atoms with Gasteiger partial charge in [-0.3, -0.25) is 0 Å². The maximum absolute atomic E-state index is 6.03. The summed E-state index contributed by atoms with van der Waals surface area (Å²) < 4.78 is 2.02. The second-order valence-corrected chi connectivity index (χ2v) is 4.02. The lowest BCUT2D eigenvalue weighted by atomic mass is 10.3. The summed E-state index contributed by atoms with van der Waals surface area (Å²) in [5.41, 5.74) is 0.971. The molecule has 84 valence electrons. The monoisotopic (exact) mass is 235 g/mol. The zero-order chi connectivity index (χ0) is 11.4. The molecule has 0 saturated heterocycles. The average molecular weight is 236 g/mol. The predicted octanol–water partition coefficient (Wildman–Crippen LogP) is 2.73. The van der Waals surface area contributed by atoms with Crippen molar-refractivity contribution in [1.82, 2.24) is 9.55 Å². The van der Waals surface area contributed by atoms with E-state index < -0.39 is 0 Å². The highest BCUT2D eigenvalue weighted by Crippen LogP contribution is 2.20. The number of hydrogen-bond acceptors (Lipinski definition) is 2. The molecule has 0 unspecified atom stereocenters. The molecule has 2 rings (SSSR count). The fourth-order valence-electron chi connectivity index (χ4n) is 1.55. The van der Waals surface area contributed by atoms with Crippen LogP contribution in [0, 0.1) is 0 Å². The first-order valence-corrected chi connectivity index (χ1v) is 5.60. The van der Waals surface area contributed by atoms with Crippen LogP contribution in [0.4, 0.5) is 5.69 Å². The number of nitrogens with one attached hydrogen (secondary N) is 1. The number of anilines is 1. The van der Waals surface area contributed by atoms with Crippen LogP contribution >= 0.6 is 11.6 Å². The van der Waals surface area contributed by atoms with Crippen molar-refractivity contribution in [2.24, 2.45) is 7.05 Å². The molecular weight excluding hydrogens is 222 g/mol. The molecule has 1 aromatic carbocycles. The molecule has 2 aromatic rings. The zero-order valence-corrected chi connectivity index (χ0v) is 9.91. The highest BCUT2D eigenvalue weighted by atomic mass is 35.5. The fraction of sp³-hybridized carbons (Fsp3) is 0.250. The number of rotatable bonds is 4. The van der Waals surface area contributed by atoms with Gasteiger partial charge >= 0.3 is 0 Å². The van der Waals surface area contributed by atoms with Crippen molar-refractivity contribution in [2.45, 2.75) is 6.42 Å². The summed E-state index contributed by atoms with van der Waals surface area (Å²) >= 11 is 6.03. The van der Waals surface area contributed by atoms with Gasteiger partial charge in [-0.2, -0.15) is 0 Å². The minimum absolute atomic E-state index is 0.752. The molecule has 1 heterocycles. The van der Waals surface area contributed by atoms with Crippen molar-refractivity contribution in [3.05, 3.63) is 47.5 Å². The number of aromatic nitrogens is 2. The lowest BCUT2D eigenvalue weighted by molar-refractivity contribution is 0.790. The van der Waals surface area contributed by atoms with Gasteiger partial charge in [-0.15, -0.1) is 0 Å². The Morgan fingerprint density at radius 1 is 1.38 bits per heavy atom. The smallest absolute Gasteiger partial charge is 0.110 e. The molecule has 0 fully saturated rings. The lowest BCUT2D eigenvalue weighted by Gasteiger charge is -2.07. The highest BCUT2D eigenvalue weighted by molar-refractivity contribution is 6.33. The standard InChI is InChI=1S/C12H14ClN3/c1-16-9-8-15-12(16)6-7-14-11-5-3-2-4-10(11)13/h2-5,8-9,14H,6-7H2,1H3. The number of para-hydroxylation sites is 1. The molecule has 0 atom stereocenters. The van der Waals surface area contributed by atoms with Gasteiger partial charge in [0.15, 0.2) is 0 Å². The molecule has 4 heteroatoms. The fourth-order valence-corrected chi connectivity index (χ4v) is 1.75. The Morgan fingerprint density at radius 3 is 2.88 bits per heavy atom. The molecule has 0 aliphatic rings. The molecule has 0 radical (unpaired) electrons. The largest absolute Gasteiger partial charge is 0.383 e. The number of aryl methyl sites for hydroxylation is 1. The van der Waals surface area contributed by atoms with Crippen LogP contribution in [0.25, 0.3) is 0 Å². The van der Waals surface area contributed by atoms with Crippen LogP contribution in [0.1, 0.15) is 5.82 Å². The third-order valence-electron chi connectivity index (χ3n) is 2.46. The van der Waals surface area contributed by atoms with E-state index in [4.69, 9.17) is 11.6 Å². The Labute approximate surface area is 100 Å². The van der Waals surface area contributed by atoms with E-state index in [9.17, 15) is 0 Å². The SMILES string of the molecule is Cn1ccnc1CCNc1ccccc1Cl. The van der Waals surface area contributed by atoms with Crippen molar-refractivity contribution in [3.8, 4) is 0 Å². The molecule has 0 aliphatic carbocycles. The number of halogens is 1. The third-order valence-corrected chi connectivity index (χ3v) is 2.79. The normalized spacial score (nSPS) is 10.4.